The van der Waals surface area contributed by atoms with Crippen molar-refractivity contribution in [3.05, 3.63) is 47.2 Å². The molecule has 2 atom stereocenters. The average Bonchev–Trinajstić information content (AvgIpc) is 3.22. The average molecular weight is 317 g/mol. The molecule has 2 fully saturated rings. The molecule has 114 valence electrons. The first kappa shape index (κ1) is 13.8. The Morgan fingerprint density at radius 2 is 2.00 bits per heavy atom. The summed E-state index contributed by atoms with van der Waals surface area (Å²) in [6, 6.07) is 9.20. The zero-order valence-corrected chi connectivity index (χ0v) is 12.8. The minimum atomic E-state index is 0.0233. The number of nitrogens with zero attached hydrogens (tertiary/aromatic N) is 3. The second-order valence-electron chi connectivity index (χ2n) is 6.01. The number of carbonyl (C=O) groups excluding carboxylic acids is 1. The number of hydrogen-bond acceptors (Lipinski definition) is 3. The highest BCUT2D eigenvalue weighted by atomic mass is 35.5. The van der Waals surface area contributed by atoms with Crippen LogP contribution in [0.25, 0.3) is 5.69 Å². The van der Waals surface area contributed by atoms with Crippen molar-refractivity contribution in [1.29, 1.82) is 0 Å². The van der Waals surface area contributed by atoms with E-state index in [1.807, 2.05) is 29.2 Å². The van der Waals surface area contributed by atoms with E-state index in [1.165, 1.54) is 0 Å². The van der Waals surface area contributed by atoms with Crippen molar-refractivity contribution in [2.24, 2.45) is 11.8 Å². The normalized spacial score (nSPS) is 23.8. The van der Waals surface area contributed by atoms with Gasteiger partial charge < -0.3 is 10.2 Å². The molecule has 4 rings (SSSR count). The smallest absolute Gasteiger partial charge is 0.274 e. The summed E-state index contributed by atoms with van der Waals surface area (Å²) in [6.45, 7) is 3.71. The lowest BCUT2D eigenvalue weighted by atomic mass is 10.0. The Morgan fingerprint density at radius 1 is 1.23 bits per heavy atom. The van der Waals surface area contributed by atoms with Gasteiger partial charge in [0.1, 0.15) is 0 Å². The number of aromatic nitrogens is 2. The van der Waals surface area contributed by atoms with Gasteiger partial charge in [-0.15, -0.1) is 0 Å². The molecule has 0 aliphatic carbocycles. The molecule has 6 heteroatoms. The van der Waals surface area contributed by atoms with Crippen LogP contribution >= 0.6 is 11.6 Å². The molecule has 1 N–H and O–H groups in total. The number of fused-ring (bicyclic) bond motifs is 1. The molecule has 2 aliphatic heterocycles. The van der Waals surface area contributed by atoms with Crippen molar-refractivity contribution in [2.45, 2.75) is 0 Å². The highest BCUT2D eigenvalue weighted by Gasteiger charge is 2.38. The van der Waals surface area contributed by atoms with Gasteiger partial charge in [-0.3, -0.25) is 4.79 Å². The first-order valence-corrected chi connectivity index (χ1v) is 7.90. The third-order valence-corrected chi connectivity index (χ3v) is 4.79. The number of benzene rings is 1. The van der Waals surface area contributed by atoms with Crippen LogP contribution in [0.5, 0.6) is 0 Å². The van der Waals surface area contributed by atoms with Crippen LogP contribution in [0, 0.1) is 11.8 Å². The van der Waals surface area contributed by atoms with E-state index in [4.69, 9.17) is 11.6 Å². The van der Waals surface area contributed by atoms with Gasteiger partial charge in [0, 0.05) is 37.4 Å². The lowest BCUT2D eigenvalue weighted by Gasteiger charge is -2.15. The summed E-state index contributed by atoms with van der Waals surface area (Å²) >= 11 is 6.00. The fourth-order valence-corrected chi connectivity index (χ4v) is 3.57. The monoisotopic (exact) mass is 316 g/mol. The molecule has 1 amide bonds. The summed E-state index contributed by atoms with van der Waals surface area (Å²) in [6.07, 6.45) is 1.80. The molecule has 0 radical (unpaired) electrons. The number of hydrogen-bond donors (Lipinski definition) is 1. The zero-order valence-electron chi connectivity index (χ0n) is 12.1. The van der Waals surface area contributed by atoms with Gasteiger partial charge in [-0.1, -0.05) is 17.7 Å². The van der Waals surface area contributed by atoms with E-state index in [0.29, 0.717) is 22.6 Å². The third-order valence-electron chi connectivity index (χ3n) is 4.56. The maximum absolute atomic E-state index is 12.6. The van der Waals surface area contributed by atoms with Crippen LogP contribution in [0.3, 0.4) is 0 Å². The van der Waals surface area contributed by atoms with Gasteiger partial charge in [0.05, 0.1) is 5.69 Å². The highest BCUT2D eigenvalue weighted by Crippen LogP contribution is 2.27. The van der Waals surface area contributed by atoms with Gasteiger partial charge in [0.2, 0.25) is 0 Å². The predicted molar refractivity (Wildman–Crippen MR) is 84.3 cm³/mol. The SMILES string of the molecule is O=C(c1ccn(-c2cccc(Cl)c2)n1)N1C[C@H]2CNC[C@H]2C1. The Kier molecular flexibility index (Phi) is 3.39. The van der Waals surface area contributed by atoms with Crippen LogP contribution in [0.2, 0.25) is 5.02 Å². The van der Waals surface area contributed by atoms with Crippen molar-refractivity contribution in [3.8, 4) is 5.69 Å². The summed E-state index contributed by atoms with van der Waals surface area (Å²) in [4.78, 5) is 14.5. The molecule has 0 bridgehead atoms. The van der Waals surface area contributed by atoms with Crippen LogP contribution in [0.15, 0.2) is 36.5 Å². The molecule has 5 nitrogen and oxygen atoms in total. The molecule has 2 aromatic rings. The van der Waals surface area contributed by atoms with E-state index in [0.717, 1.165) is 31.9 Å². The Bertz CT molecular complexity index is 702. The number of halogens is 1. The molecule has 0 spiro atoms. The highest BCUT2D eigenvalue weighted by molar-refractivity contribution is 6.30. The van der Waals surface area contributed by atoms with Gasteiger partial charge >= 0.3 is 0 Å². The van der Waals surface area contributed by atoms with Crippen molar-refractivity contribution < 1.29 is 4.79 Å². The van der Waals surface area contributed by atoms with Gasteiger partial charge in [-0.2, -0.15) is 5.10 Å². The van der Waals surface area contributed by atoms with Crippen LogP contribution in [-0.4, -0.2) is 46.8 Å². The fourth-order valence-electron chi connectivity index (χ4n) is 3.38. The maximum atomic E-state index is 12.6. The Labute approximate surface area is 133 Å². The number of amides is 1. The minimum absolute atomic E-state index is 0.0233. The summed E-state index contributed by atoms with van der Waals surface area (Å²) in [5.74, 6) is 1.22. The molecule has 0 unspecified atom stereocenters. The molecule has 1 aromatic heterocycles. The Hall–Kier alpha value is -1.85. The van der Waals surface area contributed by atoms with Crippen LogP contribution in [0.4, 0.5) is 0 Å². The van der Waals surface area contributed by atoms with Crippen molar-refractivity contribution in [3.63, 3.8) is 0 Å². The van der Waals surface area contributed by atoms with Gasteiger partial charge in [-0.05, 0) is 36.1 Å². The number of carbonyl (C=O) groups is 1. The number of nitrogens with one attached hydrogen (secondary N) is 1. The second-order valence-corrected chi connectivity index (χ2v) is 6.45. The summed E-state index contributed by atoms with van der Waals surface area (Å²) in [5, 5.41) is 8.45. The van der Waals surface area contributed by atoms with Crippen LogP contribution in [0.1, 0.15) is 10.5 Å². The maximum Gasteiger partial charge on any atom is 0.274 e. The largest absolute Gasteiger partial charge is 0.337 e. The summed E-state index contributed by atoms with van der Waals surface area (Å²) < 4.78 is 1.69. The molecule has 1 aromatic carbocycles. The lowest BCUT2D eigenvalue weighted by Crippen LogP contribution is -2.32. The summed E-state index contributed by atoms with van der Waals surface area (Å²) in [7, 11) is 0. The van der Waals surface area contributed by atoms with E-state index in [9.17, 15) is 4.79 Å². The van der Waals surface area contributed by atoms with E-state index in [2.05, 4.69) is 10.4 Å². The quantitative estimate of drug-likeness (QED) is 0.919. The Morgan fingerprint density at radius 3 is 2.73 bits per heavy atom. The zero-order chi connectivity index (χ0) is 15.1. The molecule has 2 aliphatic rings. The van der Waals surface area contributed by atoms with Gasteiger partial charge in [-0.25, -0.2) is 4.68 Å². The molecular weight excluding hydrogens is 300 g/mol. The molecule has 0 saturated carbocycles. The number of likely N-dealkylation sites (tertiary alicyclic amines) is 1. The Balaban J connectivity index is 1.53. The predicted octanol–water partition coefficient (Wildman–Crippen LogP) is 1.82. The molecule has 2 saturated heterocycles. The fraction of sp³-hybridized carbons (Fsp3) is 0.375. The molecule has 3 heterocycles. The minimum Gasteiger partial charge on any atom is -0.337 e. The third kappa shape index (κ3) is 2.40. The van der Waals surface area contributed by atoms with Crippen molar-refractivity contribution in [2.75, 3.05) is 26.2 Å². The standard InChI is InChI=1S/C16H17ClN4O/c17-13-2-1-3-14(6-13)21-5-4-15(19-21)16(22)20-9-11-7-18-8-12(11)10-20/h1-6,11-12,18H,7-10H2/t11-,12+. The second kappa shape index (κ2) is 5.41. The van der Waals surface area contributed by atoms with Gasteiger partial charge in [0.25, 0.3) is 5.91 Å². The van der Waals surface area contributed by atoms with E-state index in [-0.39, 0.29) is 5.91 Å². The van der Waals surface area contributed by atoms with Gasteiger partial charge in [0.15, 0.2) is 5.69 Å². The first-order valence-electron chi connectivity index (χ1n) is 7.52. The van der Waals surface area contributed by atoms with Crippen molar-refractivity contribution >= 4 is 17.5 Å². The van der Waals surface area contributed by atoms with Crippen molar-refractivity contribution in [1.82, 2.24) is 20.0 Å². The van der Waals surface area contributed by atoms with Crippen LogP contribution < -0.4 is 5.32 Å². The topological polar surface area (TPSA) is 50.2 Å². The molecule has 22 heavy (non-hydrogen) atoms. The lowest BCUT2D eigenvalue weighted by molar-refractivity contribution is 0.0775. The van der Waals surface area contributed by atoms with Crippen LogP contribution in [-0.2, 0) is 0 Å². The van der Waals surface area contributed by atoms with E-state index in [1.54, 1.807) is 16.9 Å². The molecular formula is C16H17ClN4O. The summed E-state index contributed by atoms with van der Waals surface area (Å²) in [5.41, 5.74) is 1.35. The van der Waals surface area contributed by atoms with E-state index < -0.39 is 0 Å². The number of rotatable bonds is 2. The first-order chi connectivity index (χ1) is 10.7. The van der Waals surface area contributed by atoms with E-state index >= 15 is 0 Å².